The van der Waals surface area contributed by atoms with E-state index < -0.39 is 0 Å². The largest absolute Gasteiger partial charge is 0.342 e. The van der Waals surface area contributed by atoms with Gasteiger partial charge in [-0.25, -0.2) is 4.98 Å². The third kappa shape index (κ3) is 4.65. The van der Waals surface area contributed by atoms with Crippen molar-refractivity contribution in [1.82, 2.24) is 20.3 Å². The minimum absolute atomic E-state index is 0.563. The average Bonchev–Trinajstić information content (AvgIpc) is 3.14. The number of hydrogen-bond acceptors (Lipinski definition) is 3. The number of pyridine rings is 1. The smallest absolute Gasteiger partial charge is 0.107 e. The van der Waals surface area contributed by atoms with Gasteiger partial charge in [0.15, 0.2) is 0 Å². The van der Waals surface area contributed by atoms with E-state index in [0.29, 0.717) is 23.7 Å². The van der Waals surface area contributed by atoms with Crippen molar-refractivity contribution in [2.75, 3.05) is 6.54 Å². The standard InChI is InChI=1S/C26H34N4/c1-17(2)23-12-21(13-25-29-24-9-5-7-18(3)26(24)30-25)19(4)11-22(23)16-28-15-20-8-6-10-27-14-20/h5-11,14,17,21-23,28H,12-13,15-16H2,1-4H3,(H,29,30). The van der Waals surface area contributed by atoms with E-state index in [1.54, 1.807) is 0 Å². The molecule has 0 amide bonds. The fourth-order valence-corrected chi connectivity index (χ4v) is 4.95. The first-order valence-corrected chi connectivity index (χ1v) is 11.2. The Bertz CT molecular complexity index is 1000. The average molecular weight is 403 g/mol. The predicted molar refractivity (Wildman–Crippen MR) is 124 cm³/mol. The number of nitrogens with zero attached hydrogens (tertiary/aromatic N) is 2. The molecule has 0 fully saturated rings. The van der Waals surface area contributed by atoms with Gasteiger partial charge in [0.25, 0.3) is 0 Å². The van der Waals surface area contributed by atoms with Crippen LogP contribution in [0.25, 0.3) is 11.0 Å². The van der Waals surface area contributed by atoms with Crippen LogP contribution in [0.3, 0.4) is 0 Å². The Hall–Kier alpha value is -2.46. The number of H-pyrrole nitrogens is 1. The molecule has 0 aliphatic heterocycles. The number of fused-ring (bicyclic) bond motifs is 1. The van der Waals surface area contributed by atoms with E-state index in [2.05, 4.69) is 73.3 Å². The Morgan fingerprint density at radius 2 is 2.03 bits per heavy atom. The molecule has 0 bridgehead atoms. The van der Waals surface area contributed by atoms with Gasteiger partial charge in [0.2, 0.25) is 0 Å². The summed E-state index contributed by atoms with van der Waals surface area (Å²) in [5, 5.41) is 3.66. The van der Waals surface area contributed by atoms with Crippen LogP contribution >= 0.6 is 0 Å². The van der Waals surface area contributed by atoms with Gasteiger partial charge in [-0.15, -0.1) is 0 Å². The zero-order valence-corrected chi connectivity index (χ0v) is 18.7. The lowest BCUT2D eigenvalue weighted by Gasteiger charge is -2.37. The summed E-state index contributed by atoms with van der Waals surface area (Å²) >= 11 is 0. The zero-order valence-electron chi connectivity index (χ0n) is 18.7. The highest BCUT2D eigenvalue weighted by Gasteiger charge is 2.31. The van der Waals surface area contributed by atoms with Crippen LogP contribution in [-0.2, 0) is 13.0 Å². The monoisotopic (exact) mass is 402 g/mol. The molecular weight excluding hydrogens is 368 g/mol. The van der Waals surface area contributed by atoms with E-state index in [9.17, 15) is 0 Å². The first-order chi connectivity index (χ1) is 14.5. The predicted octanol–water partition coefficient (Wildman–Crippen LogP) is 5.45. The highest BCUT2D eigenvalue weighted by Crippen LogP contribution is 2.38. The normalized spacial score (nSPS) is 21.9. The van der Waals surface area contributed by atoms with Gasteiger partial charge in [0.1, 0.15) is 5.82 Å². The van der Waals surface area contributed by atoms with Crippen molar-refractivity contribution in [2.24, 2.45) is 23.7 Å². The van der Waals surface area contributed by atoms with Crippen molar-refractivity contribution in [3.05, 3.63) is 71.3 Å². The Labute approximate surface area is 180 Å². The van der Waals surface area contributed by atoms with Gasteiger partial charge in [-0.05, 0) is 67.2 Å². The second kappa shape index (κ2) is 9.13. The molecule has 0 radical (unpaired) electrons. The Morgan fingerprint density at radius 3 is 2.77 bits per heavy atom. The van der Waals surface area contributed by atoms with E-state index >= 15 is 0 Å². The maximum absolute atomic E-state index is 4.91. The summed E-state index contributed by atoms with van der Waals surface area (Å²) in [5.41, 5.74) is 6.26. The van der Waals surface area contributed by atoms with Gasteiger partial charge in [-0.2, -0.15) is 0 Å². The third-order valence-electron chi connectivity index (χ3n) is 6.72. The molecular formula is C26H34N4. The number of aromatic nitrogens is 3. The van der Waals surface area contributed by atoms with Gasteiger partial charge >= 0.3 is 0 Å². The van der Waals surface area contributed by atoms with E-state index in [4.69, 9.17) is 4.98 Å². The quantitative estimate of drug-likeness (QED) is 0.517. The second-order valence-corrected chi connectivity index (χ2v) is 9.27. The summed E-state index contributed by atoms with van der Waals surface area (Å²) in [6, 6.07) is 10.5. The van der Waals surface area contributed by atoms with Crippen LogP contribution in [0.2, 0.25) is 0 Å². The van der Waals surface area contributed by atoms with E-state index in [-0.39, 0.29) is 0 Å². The first-order valence-electron chi connectivity index (χ1n) is 11.2. The highest BCUT2D eigenvalue weighted by atomic mass is 14.9. The molecule has 4 nitrogen and oxygen atoms in total. The van der Waals surface area contributed by atoms with Crippen LogP contribution < -0.4 is 5.32 Å². The van der Waals surface area contributed by atoms with Crippen LogP contribution in [0.5, 0.6) is 0 Å². The summed E-state index contributed by atoms with van der Waals surface area (Å²) in [5.74, 6) is 3.61. The minimum atomic E-state index is 0.563. The summed E-state index contributed by atoms with van der Waals surface area (Å²) in [4.78, 5) is 12.7. The molecule has 158 valence electrons. The molecule has 30 heavy (non-hydrogen) atoms. The van der Waals surface area contributed by atoms with Gasteiger partial charge in [-0.3, -0.25) is 4.98 Å². The molecule has 1 aromatic carbocycles. The lowest BCUT2D eigenvalue weighted by atomic mass is 9.70. The van der Waals surface area contributed by atoms with Crippen molar-refractivity contribution in [3.8, 4) is 0 Å². The van der Waals surface area contributed by atoms with E-state index in [1.165, 1.54) is 23.1 Å². The van der Waals surface area contributed by atoms with Crippen molar-refractivity contribution in [3.63, 3.8) is 0 Å². The number of para-hydroxylation sites is 1. The summed E-state index contributed by atoms with van der Waals surface area (Å²) < 4.78 is 0. The van der Waals surface area contributed by atoms with Gasteiger partial charge in [0, 0.05) is 31.9 Å². The molecule has 2 aromatic heterocycles. The number of nitrogens with one attached hydrogen (secondary N) is 2. The Kier molecular flexibility index (Phi) is 6.33. The van der Waals surface area contributed by atoms with Gasteiger partial charge in [0.05, 0.1) is 11.0 Å². The molecule has 4 heteroatoms. The van der Waals surface area contributed by atoms with Crippen molar-refractivity contribution in [1.29, 1.82) is 0 Å². The van der Waals surface area contributed by atoms with Gasteiger partial charge in [-0.1, -0.05) is 43.7 Å². The molecule has 2 heterocycles. The number of benzene rings is 1. The minimum Gasteiger partial charge on any atom is -0.342 e. The number of allylic oxidation sites excluding steroid dienone is 1. The highest BCUT2D eigenvalue weighted by molar-refractivity contribution is 5.78. The maximum Gasteiger partial charge on any atom is 0.107 e. The maximum atomic E-state index is 4.91. The van der Waals surface area contributed by atoms with E-state index in [0.717, 1.165) is 36.4 Å². The molecule has 3 unspecified atom stereocenters. The van der Waals surface area contributed by atoms with Crippen LogP contribution in [0.4, 0.5) is 0 Å². The number of rotatable bonds is 7. The third-order valence-corrected chi connectivity index (χ3v) is 6.72. The van der Waals surface area contributed by atoms with Crippen molar-refractivity contribution in [2.45, 2.75) is 47.1 Å². The molecule has 2 N–H and O–H groups in total. The molecule has 0 saturated heterocycles. The van der Waals surface area contributed by atoms with E-state index in [1.807, 2.05) is 18.5 Å². The van der Waals surface area contributed by atoms with Crippen molar-refractivity contribution < 1.29 is 0 Å². The van der Waals surface area contributed by atoms with Crippen molar-refractivity contribution >= 4 is 11.0 Å². The van der Waals surface area contributed by atoms with Gasteiger partial charge < -0.3 is 10.3 Å². The molecule has 3 atom stereocenters. The number of imidazole rings is 1. The van der Waals surface area contributed by atoms with Crippen LogP contribution in [-0.4, -0.2) is 21.5 Å². The zero-order chi connectivity index (χ0) is 21.1. The van der Waals surface area contributed by atoms with Crippen LogP contribution in [0.1, 0.15) is 44.1 Å². The van der Waals surface area contributed by atoms with Crippen LogP contribution in [0, 0.1) is 30.6 Å². The topological polar surface area (TPSA) is 53.6 Å². The number of aryl methyl sites for hydroxylation is 1. The Balaban J connectivity index is 1.45. The molecule has 0 spiro atoms. The lowest BCUT2D eigenvalue weighted by molar-refractivity contribution is 0.221. The summed E-state index contributed by atoms with van der Waals surface area (Å²) in [6.07, 6.45) is 8.53. The number of aromatic amines is 1. The SMILES string of the molecule is CC1=CC(CNCc2cccnc2)C(C(C)C)CC1Cc1nc2c(C)cccc2[nH]1. The fraction of sp³-hybridized carbons (Fsp3) is 0.462. The van der Waals surface area contributed by atoms with Crippen LogP contribution in [0.15, 0.2) is 54.4 Å². The summed E-state index contributed by atoms with van der Waals surface area (Å²) in [7, 11) is 0. The fourth-order valence-electron chi connectivity index (χ4n) is 4.95. The molecule has 3 aromatic rings. The number of hydrogen-bond donors (Lipinski definition) is 2. The molecule has 1 aliphatic rings. The lowest BCUT2D eigenvalue weighted by Crippen LogP contribution is -2.34. The first kappa shape index (κ1) is 20.8. The molecule has 0 saturated carbocycles. The second-order valence-electron chi connectivity index (χ2n) is 9.27. The molecule has 1 aliphatic carbocycles. The Morgan fingerprint density at radius 1 is 1.17 bits per heavy atom. The molecule has 4 rings (SSSR count). The summed E-state index contributed by atoms with van der Waals surface area (Å²) in [6.45, 7) is 11.1.